The Labute approximate surface area is 186 Å². The van der Waals surface area contributed by atoms with Crippen LogP contribution in [0.4, 0.5) is 10.5 Å². The van der Waals surface area contributed by atoms with E-state index in [1.165, 1.54) is 4.90 Å². The lowest BCUT2D eigenvalue weighted by Crippen LogP contribution is -2.39. The predicted octanol–water partition coefficient (Wildman–Crippen LogP) is 4.82. The molecule has 0 fully saturated rings. The van der Waals surface area contributed by atoms with Crippen molar-refractivity contribution in [3.05, 3.63) is 72.6 Å². The number of anilines is 1. The van der Waals surface area contributed by atoms with Gasteiger partial charge in [-0.2, -0.15) is 5.26 Å². The average molecular weight is 428 g/mol. The van der Waals surface area contributed by atoms with Crippen molar-refractivity contribution in [3.8, 4) is 17.2 Å². The van der Waals surface area contributed by atoms with E-state index in [9.17, 15) is 14.9 Å². The molecule has 0 aliphatic carbocycles. The molecule has 0 atom stereocenters. The summed E-state index contributed by atoms with van der Waals surface area (Å²) < 4.78 is 5.57. The molecule has 3 aromatic rings. The van der Waals surface area contributed by atoms with Crippen LogP contribution in [0.2, 0.25) is 0 Å². The first kappa shape index (κ1) is 22.5. The summed E-state index contributed by atoms with van der Waals surface area (Å²) in [6, 6.07) is 14.7. The monoisotopic (exact) mass is 428 g/mol. The molecule has 1 aromatic heterocycles. The fraction of sp³-hybridized carbons (Fsp3) is 0.200. The van der Waals surface area contributed by atoms with Gasteiger partial charge in [0.2, 0.25) is 0 Å². The Morgan fingerprint density at radius 2 is 1.91 bits per heavy atom. The van der Waals surface area contributed by atoms with Crippen molar-refractivity contribution in [2.24, 2.45) is 5.73 Å². The van der Waals surface area contributed by atoms with Crippen molar-refractivity contribution in [1.82, 2.24) is 4.98 Å². The minimum Gasteiger partial charge on any atom is -0.443 e. The number of nitriles is 1. The van der Waals surface area contributed by atoms with E-state index < -0.39 is 17.6 Å². The summed E-state index contributed by atoms with van der Waals surface area (Å²) in [6.07, 6.45) is 2.69. The van der Waals surface area contributed by atoms with Gasteiger partial charge in [0.05, 0.1) is 23.9 Å². The maximum atomic E-state index is 13.2. The normalized spacial score (nSPS) is 10.9. The van der Waals surface area contributed by atoms with Crippen molar-refractivity contribution in [2.45, 2.75) is 26.4 Å². The van der Waals surface area contributed by atoms with Crippen molar-refractivity contribution >= 4 is 28.5 Å². The lowest BCUT2D eigenvalue weighted by atomic mass is 9.97. The molecule has 3 rings (SSSR count). The lowest BCUT2D eigenvalue weighted by molar-refractivity contribution is 0.0584. The van der Waals surface area contributed by atoms with Gasteiger partial charge in [0.15, 0.2) is 0 Å². The lowest BCUT2D eigenvalue weighted by Gasteiger charge is -2.29. The number of hydrogen-bond acceptors (Lipinski definition) is 5. The molecule has 7 heteroatoms. The summed E-state index contributed by atoms with van der Waals surface area (Å²) in [6.45, 7) is 8.76. The van der Waals surface area contributed by atoms with Crippen LogP contribution in [0.15, 0.2) is 67.0 Å². The number of carbonyl (C=O) groups is 2. The summed E-state index contributed by atoms with van der Waals surface area (Å²) in [5.74, 6) is -0.704. The number of rotatable bonds is 5. The Balaban J connectivity index is 2.30. The first-order chi connectivity index (χ1) is 15.1. The first-order valence-corrected chi connectivity index (χ1v) is 9.96. The smallest absolute Gasteiger partial charge is 0.415 e. The zero-order valence-electron chi connectivity index (χ0n) is 18.3. The fourth-order valence-electron chi connectivity index (χ4n) is 3.28. The third kappa shape index (κ3) is 4.93. The molecule has 0 unspecified atom stereocenters. The summed E-state index contributed by atoms with van der Waals surface area (Å²) >= 11 is 0. The number of nitrogens with zero attached hydrogens (tertiary/aromatic N) is 3. The zero-order chi connectivity index (χ0) is 23.5. The number of primary amides is 1. The number of nitrogens with two attached hydrogens (primary N) is 1. The van der Waals surface area contributed by atoms with Gasteiger partial charge >= 0.3 is 6.09 Å². The standard InChI is InChI=1S/C25H24N4O3/c1-16(13-26)15-29(24(31)32-25(2,3)4)22-20(23(27)30)10-9-17-7-8-18(12-21(17)22)19-6-5-11-28-14-19/h5-12,14H,1,15H2,2-4H3,(H2,27,30). The van der Waals surface area contributed by atoms with Crippen molar-refractivity contribution < 1.29 is 14.3 Å². The van der Waals surface area contributed by atoms with Gasteiger partial charge in [-0.3, -0.25) is 14.7 Å². The minimum absolute atomic E-state index is 0.131. The molecular formula is C25H24N4O3. The van der Waals surface area contributed by atoms with Crippen LogP contribution in [0.25, 0.3) is 21.9 Å². The molecule has 0 radical (unpaired) electrons. The van der Waals surface area contributed by atoms with Gasteiger partial charge in [0.25, 0.3) is 5.91 Å². The van der Waals surface area contributed by atoms with Crippen LogP contribution in [0.3, 0.4) is 0 Å². The van der Waals surface area contributed by atoms with Crippen LogP contribution in [-0.4, -0.2) is 29.1 Å². The molecule has 2 amide bonds. The van der Waals surface area contributed by atoms with E-state index >= 15 is 0 Å². The third-order valence-corrected chi connectivity index (χ3v) is 4.64. The molecular weight excluding hydrogens is 404 g/mol. The van der Waals surface area contributed by atoms with Crippen LogP contribution in [0.5, 0.6) is 0 Å². The predicted molar refractivity (Wildman–Crippen MR) is 124 cm³/mol. The van der Waals surface area contributed by atoms with E-state index in [0.717, 1.165) is 16.5 Å². The number of ether oxygens (including phenoxy) is 1. The maximum absolute atomic E-state index is 13.2. The number of aromatic nitrogens is 1. The Morgan fingerprint density at radius 1 is 1.19 bits per heavy atom. The summed E-state index contributed by atoms with van der Waals surface area (Å²) in [5.41, 5.74) is 7.13. The maximum Gasteiger partial charge on any atom is 0.415 e. The van der Waals surface area contributed by atoms with E-state index in [0.29, 0.717) is 5.39 Å². The first-order valence-electron chi connectivity index (χ1n) is 9.96. The van der Waals surface area contributed by atoms with E-state index in [2.05, 4.69) is 11.6 Å². The number of benzene rings is 2. The number of amides is 2. The quantitative estimate of drug-likeness (QED) is 0.586. The van der Waals surface area contributed by atoms with Crippen LogP contribution < -0.4 is 10.6 Å². The van der Waals surface area contributed by atoms with Crippen molar-refractivity contribution in [3.63, 3.8) is 0 Å². The molecule has 0 saturated carbocycles. The van der Waals surface area contributed by atoms with E-state index in [-0.39, 0.29) is 23.4 Å². The molecule has 2 aromatic carbocycles. The zero-order valence-corrected chi connectivity index (χ0v) is 18.3. The van der Waals surface area contributed by atoms with Gasteiger partial charge in [-0.1, -0.05) is 30.8 Å². The topological polar surface area (TPSA) is 109 Å². The van der Waals surface area contributed by atoms with Gasteiger partial charge in [0.1, 0.15) is 5.60 Å². The second kappa shape index (κ2) is 8.90. The van der Waals surface area contributed by atoms with E-state index in [4.69, 9.17) is 10.5 Å². The third-order valence-electron chi connectivity index (χ3n) is 4.64. The molecule has 0 bridgehead atoms. The van der Waals surface area contributed by atoms with Gasteiger partial charge in [-0.25, -0.2) is 4.79 Å². The van der Waals surface area contributed by atoms with Gasteiger partial charge in [-0.05, 0) is 49.9 Å². The van der Waals surface area contributed by atoms with Gasteiger partial charge in [0, 0.05) is 28.9 Å². The number of hydrogen-bond donors (Lipinski definition) is 1. The van der Waals surface area contributed by atoms with Crippen molar-refractivity contribution in [2.75, 3.05) is 11.4 Å². The molecule has 2 N–H and O–H groups in total. The molecule has 0 spiro atoms. The number of pyridine rings is 1. The molecule has 162 valence electrons. The van der Waals surface area contributed by atoms with Crippen LogP contribution in [-0.2, 0) is 4.74 Å². The summed E-state index contributed by atoms with van der Waals surface area (Å²) in [4.78, 5) is 30.9. The summed E-state index contributed by atoms with van der Waals surface area (Å²) in [7, 11) is 0. The Hall–Kier alpha value is -4.18. The van der Waals surface area contributed by atoms with Crippen molar-refractivity contribution in [1.29, 1.82) is 5.26 Å². The molecule has 0 aliphatic rings. The fourth-order valence-corrected chi connectivity index (χ4v) is 3.28. The number of fused-ring (bicyclic) bond motifs is 1. The van der Waals surface area contributed by atoms with E-state index in [1.807, 2.05) is 36.4 Å². The highest BCUT2D eigenvalue weighted by atomic mass is 16.6. The van der Waals surface area contributed by atoms with Crippen LogP contribution in [0, 0.1) is 11.3 Å². The SMILES string of the molecule is C=C(C#N)CN(C(=O)OC(C)(C)C)c1c(C(N)=O)ccc2ccc(-c3cccnc3)cc12. The largest absolute Gasteiger partial charge is 0.443 e. The Morgan fingerprint density at radius 3 is 2.50 bits per heavy atom. The number of carbonyl (C=O) groups excluding carboxylic acids is 2. The minimum atomic E-state index is -0.790. The van der Waals surface area contributed by atoms with Crippen LogP contribution in [0.1, 0.15) is 31.1 Å². The van der Waals surface area contributed by atoms with Crippen LogP contribution >= 0.6 is 0 Å². The molecule has 1 heterocycles. The highest BCUT2D eigenvalue weighted by molar-refractivity contribution is 6.13. The van der Waals surface area contributed by atoms with Gasteiger partial charge < -0.3 is 10.5 Å². The summed E-state index contributed by atoms with van der Waals surface area (Å²) in [5, 5.41) is 10.7. The van der Waals surface area contributed by atoms with E-state index in [1.54, 1.807) is 45.3 Å². The molecule has 0 aliphatic heterocycles. The molecule has 32 heavy (non-hydrogen) atoms. The highest BCUT2D eigenvalue weighted by Crippen LogP contribution is 2.35. The Bertz CT molecular complexity index is 1240. The average Bonchev–Trinajstić information content (AvgIpc) is 2.75. The second-order valence-electron chi connectivity index (χ2n) is 8.29. The molecule has 7 nitrogen and oxygen atoms in total. The van der Waals surface area contributed by atoms with Gasteiger partial charge in [-0.15, -0.1) is 0 Å². The molecule has 0 saturated heterocycles. The highest BCUT2D eigenvalue weighted by Gasteiger charge is 2.28. The second-order valence-corrected chi connectivity index (χ2v) is 8.29. The Kier molecular flexibility index (Phi) is 6.26.